The fourth-order valence-electron chi connectivity index (χ4n) is 3.46. The lowest BCUT2D eigenvalue weighted by Crippen LogP contribution is -2.57. The van der Waals surface area contributed by atoms with Gasteiger partial charge in [0.05, 0.1) is 6.42 Å². The van der Waals surface area contributed by atoms with Crippen molar-refractivity contribution in [1.82, 2.24) is 0 Å². The van der Waals surface area contributed by atoms with Gasteiger partial charge in [0.1, 0.15) is 11.0 Å². The van der Waals surface area contributed by atoms with Crippen LogP contribution in [0, 0.1) is 11.3 Å². The minimum Gasteiger partial charge on any atom is -0.393 e. The lowest BCUT2D eigenvalue weighted by atomic mass is 9.55. The quantitative estimate of drug-likeness (QED) is 0.380. The molecule has 4 rings (SSSR count). The molecule has 0 aromatic carbocycles. The average Bonchev–Trinajstić information content (AvgIpc) is 2.56. The highest BCUT2D eigenvalue weighted by Gasteiger charge is 2.65. The summed E-state index contributed by atoms with van der Waals surface area (Å²) < 4.78 is 10.3. The van der Waals surface area contributed by atoms with E-state index in [1.807, 2.05) is 6.08 Å². The second-order valence-electron chi connectivity index (χ2n) is 4.98. The fraction of sp³-hybridized carbons (Fsp3) is 0.667. The zero-order chi connectivity index (χ0) is 11.4. The van der Waals surface area contributed by atoms with E-state index in [1.54, 1.807) is 7.11 Å². The molecule has 3 aliphatic carbocycles. The van der Waals surface area contributed by atoms with Crippen molar-refractivity contribution in [3.63, 3.8) is 0 Å². The molecule has 0 unspecified atom stereocenters. The second-order valence-corrected chi connectivity index (χ2v) is 4.98. The van der Waals surface area contributed by atoms with Crippen molar-refractivity contribution in [2.45, 2.75) is 31.3 Å². The van der Waals surface area contributed by atoms with E-state index in [2.05, 4.69) is 6.08 Å². The van der Waals surface area contributed by atoms with E-state index >= 15 is 0 Å². The lowest BCUT2D eigenvalue weighted by Gasteiger charge is -2.51. The average molecular weight is 222 g/mol. The van der Waals surface area contributed by atoms with Crippen LogP contribution in [0.25, 0.3) is 0 Å². The van der Waals surface area contributed by atoms with Gasteiger partial charge in [0, 0.05) is 7.11 Å². The van der Waals surface area contributed by atoms with Crippen LogP contribution in [0.5, 0.6) is 0 Å². The Morgan fingerprint density at radius 1 is 1.50 bits per heavy atom. The fourth-order valence-corrected chi connectivity index (χ4v) is 3.46. The molecule has 2 bridgehead atoms. The largest absolute Gasteiger partial charge is 0.393 e. The van der Waals surface area contributed by atoms with E-state index < -0.39 is 23.0 Å². The lowest BCUT2D eigenvalue weighted by molar-refractivity contribution is -0.171. The minimum atomic E-state index is -0.753. The molecular weight excluding hydrogens is 208 g/mol. The molecule has 0 aromatic heterocycles. The number of rotatable bonds is 1. The van der Waals surface area contributed by atoms with Crippen LogP contribution < -0.4 is 0 Å². The van der Waals surface area contributed by atoms with E-state index in [9.17, 15) is 9.59 Å². The van der Waals surface area contributed by atoms with Crippen molar-refractivity contribution in [3.8, 4) is 0 Å². The molecule has 0 aromatic rings. The second kappa shape index (κ2) is 2.94. The summed E-state index contributed by atoms with van der Waals surface area (Å²) in [5, 5.41) is 0. The smallest absolute Gasteiger partial charge is 0.323 e. The third-order valence-corrected chi connectivity index (χ3v) is 4.35. The molecule has 2 fully saturated rings. The van der Waals surface area contributed by atoms with E-state index in [0.29, 0.717) is 12.3 Å². The molecule has 1 saturated carbocycles. The predicted octanol–water partition coefficient (Wildman–Crippen LogP) is 1.20. The molecule has 16 heavy (non-hydrogen) atoms. The number of fused-ring (bicyclic) bond motifs is 1. The number of ether oxygens (including phenoxy) is 2. The summed E-state index contributed by atoms with van der Waals surface area (Å²) in [6, 6.07) is 0. The van der Waals surface area contributed by atoms with E-state index in [-0.39, 0.29) is 6.42 Å². The van der Waals surface area contributed by atoms with E-state index in [4.69, 9.17) is 9.47 Å². The maximum atomic E-state index is 12.0. The van der Waals surface area contributed by atoms with Gasteiger partial charge < -0.3 is 9.47 Å². The monoisotopic (exact) mass is 222 g/mol. The molecule has 0 N–H and O–H groups in total. The zero-order valence-corrected chi connectivity index (χ0v) is 9.19. The van der Waals surface area contributed by atoms with Gasteiger partial charge in [-0.3, -0.25) is 9.59 Å². The van der Waals surface area contributed by atoms with Crippen LogP contribution in [-0.2, 0) is 19.1 Å². The first-order valence-electron chi connectivity index (χ1n) is 5.61. The van der Waals surface area contributed by atoms with Crippen molar-refractivity contribution in [1.29, 1.82) is 0 Å². The van der Waals surface area contributed by atoms with Crippen molar-refractivity contribution in [2.24, 2.45) is 11.3 Å². The maximum Gasteiger partial charge on any atom is 0.323 e. The SMILES string of the molecule is CO[C@]12C=C[C@H](CC1)C[C@@]21CC(=O)OC1=O. The van der Waals surface area contributed by atoms with Gasteiger partial charge in [-0.15, -0.1) is 0 Å². The summed E-state index contributed by atoms with van der Waals surface area (Å²) in [5.74, 6) is -0.425. The van der Waals surface area contributed by atoms with E-state index in [1.165, 1.54) is 0 Å². The molecule has 1 spiro atoms. The van der Waals surface area contributed by atoms with Crippen LogP contribution in [0.3, 0.4) is 0 Å². The Morgan fingerprint density at radius 3 is 2.81 bits per heavy atom. The standard InChI is InChI=1S/C12H14O4/c1-15-12-4-2-8(3-5-12)6-11(12)7-9(13)16-10(11)14/h2,4,8H,3,5-7H2,1H3/t8-,11+,12-/m1/s1. The number of carbonyl (C=O) groups excluding carboxylic acids is 2. The minimum absolute atomic E-state index is 0.167. The number of hydrogen-bond donors (Lipinski definition) is 0. The highest BCUT2D eigenvalue weighted by molar-refractivity contribution is 5.99. The third-order valence-electron chi connectivity index (χ3n) is 4.35. The van der Waals surface area contributed by atoms with Crippen molar-refractivity contribution in [2.75, 3.05) is 7.11 Å². The number of hydrogen-bond acceptors (Lipinski definition) is 4. The highest BCUT2D eigenvalue weighted by Crippen LogP contribution is 2.57. The topological polar surface area (TPSA) is 52.6 Å². The third kappa shape index (κ3) is 0.981. The molecule has 0 amide bonds. The van der Waals surface area contributed by atoms with E-state index in [0.717, 1.165) is 12.8 Å². The molecule has 4 nitrogen and oxygen atoms in total. The molecule has 86 valence electrons. The van der Waals surface area contributed by atoms with Gasteiger partial charge in [0.15, 0.2) is 0 Å². The first-order valence-corrected chi connectivity index (χ1v) is 5.61. The maximum absolute atomic E-state index is 12.0. The van der Waals surface area contributed by atoms with Crippen LogP contribution >= 0.6 is 0 Å². The Morgan fingerprint density at radius 2 is 2.31 bits per heavy atom. The Kier molecular flexibility index (Phi) is 1.84. The predicted molar refractivity (Wildman–Crippen MR) is 54.4 cm³/mol. The first kappa shape index (κ1) is 10.0. The normalized spacial score (nSPS) is 45.4. The number of allylic oxidation sites excluding steroid dienone is 1. The van der Waals surface area contributed by atoms with Gasteiger partial charge >= 0.3 is 11.9 Å². The molecule has 1 saturated heterocycles. The Balaban J connectivity index is 2.11. The number of carbonyl (C=O) groups is 2. The number of cyclic esters (lactones) is 2. The van der Waals surface area contributed by atoms with Gasteiger partial charge in [0.25, 0.3) is 0 Å². The summed E-state index contributed by atoms with van der Waals surface area (Å²) in [5.41, 5.74) is -1.37. The highest BCUT2D eigenvalue weighted by atomic mass is 16.6. The van der Waals surface area contributed by atoms with Crippen LogP contribution in [0.4, 0.5) is 0 Å². The van der Waals surface area contributed by atoms with Crippen molar-refractivity contribution in [3.05, 3.63) is 12.2 Å². The van der Waals surface area contributed by atoms with Gasteiger partial charge in [0.2, 0.25) is 0 Å². The van der Waals surface area contributed by atoms with Crippen molar-refractivity contribution >= 4 is 11.9 Å². The molecule has 4 aliphatic rings. The zero-order valence-electron chi connectivity index (χ0n) is 9.19. The van der Waals surface area contributed by atoms with Gasteiger partial charge in [-0.05, 0) is 25.2 Å². The molecular formula is C12H14O4. The van der Waals surface area contributed by atoms with Crippen LogP contribution in [-0.4, -0.2) is 24.6 Å². The van der Waals surface area contributed by atoms with Gasteiger partial charge in [-0.25, -0.2) is 0 Å². The van der Waals surface area contributed by atoms with Crippen LogP contribution in [0.1, 0.15) is 25.7 Å². The molecule has 3 atom stereocenters. The first-order chi connectivity index (χ1) is 7.62. The summed E-state index contributed by atoms with van der Waals surface area (Å²) in [7, 11) is 1.60. The number of esters is 2. The summed E-state index contributed by atoms with van der Waals surface area (Å²) >= 11 is 0. The van der Waals surface area contributed by atoms with Crippen LogP contribution in [0.2, 0.25) is 0 Å². The van der Waals surface area contributed by atoms with Crippen LogP contribution in [0.15, 0.2) is 12.2 Å². The summed E-state index contributed by atoms with van der Waals surface area (Å²) in [6.07, 6.45) is 6.74. The number of methoxy groups -OCH3 is 1. The van der Waals surface area contributed by atoms with Gasteiger partial charge in [-0.1, -0.05) is 12.2 Å². The Labute approximate surface area is 93.6 Å². The van der Waals surface area contributed by atoms with Gasteiger partial charge in [-0.2, -0.15) is 0 Å². The molecule has 1 aliphatic heterocycles. The Bertz CT molecular complexity index is 400. The molecule has 1 heterocycles. The molecule has 0 radical (unpaired) electrons. The summed E-state index contributed by atoms with van der Waals surface area (Å²) in [6.45, 7) is 0. The van der Waals surface area contributed by atoms with Crippen molar-refractivity contribution < 1.29 is 19.1 Å². The molecule has 4 heteroatoms. The summed E-state index contributed by atoms with van der Waals surface area (Å²) in [4.78, 5) is 23.3. The Hall–Kier alpha value is -1.16.